The molecule has 172 valence electrons. The minimum absolute atomic E-state index is 0.110. The number of carbonyl (C=O) groups excluding carboxylic acids is 1. The van der Waals surface area contributed by atoms with Crippen LogP contribution >= 0.6 is 0 Å². The molecule has 4 rings (SSSR count). The van der Waals surface area contributed by atoms with Gasteiger partial charge in [0, 0.05) is 37.9 Å². The molecule has 2 amide bonds. The van der Waals surface area contributed by atoms with E-state index in [-0.39, 0.29) is 6.03 Å². The molecule has 2 aromatic carbocycles. The Morgan fingerprint density at radius 3 is 2.27 bits per heavy atom. The van der Waals surface area contributed by atoms with Gasteiger partial charge in [0.1, 0.15) is 23.1 Å². The highest BCUT2D eigenvalue weighted by Gasteiger charge is 2.23. The Morgan fingerprint density at radius 1 is 0.939 bits per heavy atom. The van der Waals surface area contributed by atoms with Crippen molar-refractivity contribution in [1.82, 2.24) is 14.9 Å². The molecule has 0 radical (unpaired) electrons. The Balaban J connectivity index is 1.34. The summed E-state index contributed by atoms with van der Waals surface area (Å²) in [6, 6.07) is 17.0. The lowest BCUT2D eigenvalue weighted by molar-refractivity contribution is 0.208. The van der Waals surface area contributed by atoms with Crippen molar-refractivity contribution < 1.29 is 14.3 Å². The lowest BCUT2D eigenvalue weighted by Crippen LogP contribution is -2.50. The smallest absolute Gasteiger partial charge is 0.321 e. The van der Waals surface area contributed by atoms with E-state index in [9.17, 15) is 4.79 Å². The van der Waals surface area contributed by atoms with Crippen LogP contribution in [-0.4, -0.2) is 53.7 Å². The summed E-state index contributed by atoms with van der Waals surface area (Å²) in [5.41, 5.74) is 1.92. The third kappa shape index (κ3) is 5.91. The van der Waals surface area contributed by atoms with Crippen molar-refractivity contribution >= 4 is 17.5 Å². The van der Waals surface area contributed by atoms with E-state index < -0.39 is 0 Å². The molecular formula is C25H29N5O3. The molecule has 8 nitrogen and oxygen atoms in total. The van der Waals surface area contributed by atoms with Gasteiger partial charge < -0.3 is 24.6 Å². The molecule has 1 aliphatic heterocycles. The van der Waals surface area contributed by atoms with E-state index in [1.807, 2.05) is 80.3 Å². The number of amides is 2. The standard InChI is InChI=1S/C25H29N5O3/c1-4-32-21-11-7-20(8-12-21)28-25(31)30-15-13-29(14-16-30)23-17-24(27-19(3)26-23)33-22-9-5-18(2)6-10-22/h5-12,17H,4,13-16H2,1-3H3,(H,28,31). The van der Waals surface area contributed by atoms with Crippen molar-refractivity contribution in [1.29, 1.82) is 0 Å². The van der Waals surface area contributed by atoms with Crippen molar-refractivity contribution in [2.75, 3.05) is 43.0 Å². The molecular weight excluding hydrogens is 418 g/mol. The number of rotatable bonds is 6. The number of aromatic nitrogens is 2. The van der Waals surface area contributed by atoms with E-state index in [0.717, 1.165) is 23.0 Å². The lowest BCUT2D eigenvalue weighted by Gasteiger charge is -2.35. The molecule has 1 saturated heterocycles. The molecule has 33 heavy (non-hydrogen) atoms. The average molecular weight is 448 g/mol. The minimum atomic E-state index is -0.110. The third-order valence-corrected chi connectivity index (χ3v) is 5.35. The highest BCUT2D eigenvalue weighted by atomic mass is 16.5. The number of aryl methyl sites for hydroxylation is 2. The van der Waals surface area contributed by atoms with Gasteiger partial charge in [-0.3, -0.25) is 0 Å². The van der Waals surface area contributed by atoms with Crippen LogP contribution in [0, 0.1) is 13.8 Å². The van der Waals surface area contributed by atoms with Crippen molar-refractivity contribution in [3.05, 3.63) is 66.0 Å². The third-order valence-electron chi connectivity index (χ3n) is 5.35. The molecule has 0 saturated carbocycles. The zero-order valence-electron chi connectivity index (χ0n) is 19.2. The normalized spacial score (nSPS) is 13.5. The number of ether oxygens (including phenoxy) is 2. The number of piperazine rings is 1. The number of nitrogens with zero attached hydrogens (tertiary/aromatic N) is 4. The van der Waals surface area contributed by atoms with Crippen LogP contribution in [0.4, 0.5) is 16.3 Å². The van der Waals surface area contributed by atoms with Gasteiger partial charge in [0.05, 0.1) is 6.61 Å². The Kier molecular flexibility index (Phi) is 6.92. The van der Waals surface area contributed by atoms with Crippen molar-refractivity contribution in [3.63, 3.8) is 0 Å². The van der Waals surface area contributed by atoms with E-state index in [1.165, 1.54) is 5.56 Å². The molecule has 0 aliphatic carbocycles. The summed E-state index contributed by atoms with van der Waals surface area (Å²) in [6.45, 7) is 8.99. The van der Waals surface area contributed by atoms with Crippen LogP contribution in [-0.2, 0) is 0 Å². The molecule has 0 spiro atoms. The van der Waals surface area contributed by atoms with Gasteiger partial charge in [-0.05, 0) is 57.2 Å². The maximum Gasteiger partial charge on any atom is 0.321 e. The first-order valence-corrected chi connectivity index (χ1v) is 11.1. The highest BCUT2D eigenvalue weighted by Crippen LogP contribution is 2.24. The second-order valence-corrected chi connectivity index (χ2v) is 7.89. The van der Waals surface area contributed by atoms with Gasteiger partial charge in [0.25, 0.3) is 0 Å². The largest absolute Gasteiger partial charge is 0.494 e. The van der Waals surface area contributed by atoms with E-state index in [1.54, 1.807) is 0 Å². The molecule has 1 aliphatic rings. The first-order valence-electron chi connectivity index (χ1n) is 11.1. The van der Waals surface area contributed by atoms with Gasteiger partial charge in [-0.1, -0.05) is 17.7 Å². The number of benzene rings is 2. The van der Waals surface area contributed by atoms with Crippen LogP contribution in [0.25, 0.3) is 0 Å². The molecule has 0 bridgehead atoms. The van der Waals surface area contributed by atoms with Crippen LogP contribution in [0.5, 0.6) is 17.4 Å². The van der Waals surface area contributed by atoms with Crippen molar-refractivity contribution in [3.8, 4) is 17.4 Å². The Hall–Kier alpha value is -3.81. The first kappa shape index (κ1) is 22.4. The number of nitrogens with one attached hydrogen (secondary N) is 1. The monoisotopic (exact) mass is 447 g/mol. The number of carbonyl (C=O) groups is 1. The number of urea groups is 1. The van der Waals surface area contributed by atoms with Gasteiger partial charge in [-0.2, -0.15) is 4.98 Å². The number of hydrogen-bond acceptors (Lipinski definition) is 6. The SMILES string of the molecule is CCOc1ccc(NC(=O)N2CCN(c3cc(Oc4ccc(C)cc4)nc(C)n3)CC2)cc1. The highest BCUT2D eigenvalue weighted by molar-refractivity contribution is 5.89. The average Bonchev–Trinajstić information content (AvgIpc) is 2.82. The maximum atomic E-state index is 12.7. The van der Waals surface area contributed by atoms with E-state index in [4.69, 9.17) is 9.47 Å². The second-order valence-electron chi connectivity index (χ2n) is 7.89. The molecule has 1 fully saturated rings. The topological polar surface area (TPSA) is 79.8 Å². The Labute approximate surface area is 194 Å². The zero-order chi connectivity index (χ0) is 23.2. The van der Waals surface area contributed by atoms with Crippen molar-refractivity contribution in [2.24, 2.45) is 0 Å². The summed E-state index contributed by atoms with van der Waals surface area (Å²) in [5, 5.41) is 2.95. The van der Waals surface area contributed by atoms with E-state index >= 15 is 0 Å². The van der Waals surface area contributed by atoms with Crippen LogP contribution < -0.4 is 19.7 Å². The lowest BCUT2D eigenvalue weighted by atomic mass is 10.2. The molecule has 2 heterocycles. The van der Waals surface area contributed by atoms with Gasteiger partial charge in [-0.25, -0.2) is 9.78 Å². The fraction of sp³-hybridized carbons (Fsp3) is 0.320. The summed E-state index contributed by atoms with van der Waals surface area (Å²) in [4.78, 5) is 25.6. The van der Waals surface area contributed by atoms with Crippen LogP contribution in [0.3, 0.4) is 0 Å². The predicted molar refractivity (Wildman–Crippen MR) is 128 cm³/mol. The summed E-state index contributed by atoms with van der Waals surface area (Å²) < 4.78 is 11.4. The van der Waals surface area contributed by atoms with Gasteiger partial charge >= 0.3 is 6.03 Å². The summed E-state index contributed by atoms with van der Waals surface area (Å²) in [5.74, 6) is 3.48. The molecule has 3 aromatic rings. The zero-order valence-corrected chi connectivity index (χ0v) is 19.2. The van der Waals surface area contributed by atoms with Gasteiger partial charge in [0.2, 0.25) is 5.88 Å². The number of anilines is 2. The fourth-order valence-corrected chi connectivity index (χ4v) is 3.61. The second kappa shape index (κ2) is 10.2. The molecule has 0 atom stereocenters. The van der Waals surface area contributed by atoms with Crippen LogP contribution in [0.2, 0.25) is 0 Å². The molecule has 0 unspecified atom stereocenters. The van der Waals surface area contributed by atoms with Gasteiger partial charge in [0.15, 0.2) is 0 Å². The van der Waals surface area contributed by atoms with Gasteiger partial charge in [-0.15, -0.1) is 0 Å². The Morgan fingerprint density at radius 2 is 1.61 bits per heavy atom. The fourth-order valence-electron chi connectivity index (χ4n) is 3.61. The summed E-state index contributed by atoms with van der Waals surface area (Å²) in [6.07, 6.45) is 0. The maximum absolute atomic E-state index is 12.7. The van der Waals surface area contributed by atoms with Crippen LogP contribution in [0.1, 0.15) is 18.3 Å². The minimum Gasteiger partial charge on any atom is -0.494 e. The summed E-state index contributed by atoms with van der Waals surface area (Å²) >= 11 is 0. The molecule has 8 heteroatoms. The van der Waals surface area contributed by atoms with E-state index in [0.29, 0.717) is 44.5 Å². The summed E-state index contributed by atoms with van der Waals surface area (Å²) in [7, 11) is 0. The van der Waals surface area contributed by atoms with Crippen LogP contribution in [0.15, 0.2) is 54.6 Å². The Bertz CT molecular complexity index is 1080. The molecule has 1 aromatic heterocycles. The van der Waals surface area contributed by atoms with Crippen molar-refractivity contribution in [2.45, 2.75) is 20.8 Å². The first-order chi connectivity index (χ1) is 16.0. The number of hydrogen-bond donors (Lipinski definition) is 1. The predicted octanol–water partition coefficient (Wildman–Crippen LogP) is 4.64. The van der Waals surface area contributed by atoms with E-state index in [2.05, 4.69) is 20.2 Å². The quantitative estimate of drug-likeness (QED) is 0.593. The molecule has 1 N–H and O–H groups in total.